The summed E-state index contributed by atoms with van der Waals surface area (Å²) in [6.45, 7) is 5.70. The number of nitrogens with one attached hydrogen (secondary N) is 1. The monoisotopic (exact) mass is 256 g/mol. The molecule has 1 atom stereocenters. The molecule has 3 heteroatoms. The molecule has 1 aliphatic heterocycles. The van der Waals surface area contributed by atoms with E-state index in [0.717, 1.165) is 19.5 Å². The van der Waals surface area contributed by atoms with Crippen molar-refractivity contribution in [2.24, 2.45) is 5.92 Å². The van der Waals surface area contributed by atoms with Crippen LogP contribution in [0.15, 0.2) is 30.5 Å². The third kappa shape index (κ3) is 2.14. The number of likely N-dealkylation sites (tertiary alicyclic amines) is 1. The highest BCUT2D eigenvalue weighted by Crippen LogP contribution is 2.32. The molecule has 0 bridgehead atoms. The first-order valence-electron chi connectivity index (χ1n) is 7.01. The first-order valence-corrected chi connectivity index (χ1v) is 7.01. The summed E-state index contributed by atoms with van der Waals surface area (Å²) in [4.78, 5) is 17.4. The van der Waals surface area contributed by atoms with Crippen LogP contribution in [0.3, 0.4) is 0 Å². The van der Waals surface area contributed by atoms with Gasteiger partial charge in [-0.1, -0.05) is 32.0 Å². The lowest BCUT2D eigenvalue weighted by Gasteiger charge is -2.18. The number of nitrogens with zero attached hydrogens (tertiary/aromatic N) is 1. The number of amides is 1. The standard InChI is InChI=1S/C16H20N2O/c1-11(2)16(19)18-8-7-12(10-18)14-9-17-15-6-4-3-5-13(14)15/h3-6,9,11-12,17H,7-8,10H2,1-2H3. The maximum atomic E-state index is 12.0. The van der Waals surface area contributed by atoms with E-state index in [1.165, 1.54) is 16.5 Å². The number of aromatic nitrogens is 1. The van der Waals surface area contributed by atoms with Crippen molar-refractivity contribution in [3.05, 3.63) is 36.0 Å². The highest BCUT2D eigenvalue weighted by Gasteiger charge is 2.29. The van der Waals surface area contributed by atoms with Crippen LogP contribution < -0.4 is 0 Å². The van der Waals surface area contributed by atoms with Crippen LogP contribution in [-0.4, -0.2) is 28.9 Å². The Morgan fingerprint density at radius 3 is 2.95 bits per heavy atom. The van der Waals surface area contributed by atoms with Gasteiger partial charge in [0, 0.05) is 42.0 Å². The third-order valence-electron chi connectivity index (χ3n) is 4.05. The van der Waals surface area contributed by atoms with Gasteiger partial charge in [-0.2, -0.15) is 0 Å². The Bertz CT molecular complexity index is 600. The van der Waals surface area contributed by atoms with Gasteiger partial charge in [-0.15, -0.1) is 0 Å². The first kappa shape index (κ1) is 12.3. The number of para-hydroxylation sites is 1. The van der Waals surface area contributed by atoms with E-state index in [0.29, 0.717) is 5.92 Å². The van der Waals surface area contributed by atoms with E-state index >= 15 is 0 Å². The Morgan fingerprint density at radius 2 is 2.16 bits per heavy atom. The molecule has 1 amide bonds. The molecule has 100 valence electrons. The number of benzene rings is 1. The highest BCUT2D eigenvalue weighted by atomic mass is 16.2. The minimum Gasteiger partial charge on any atom is -0.361 e. The van der Waals surface area contributed by atoms with Gasteiger partial charge in [-0.25, -0.2) is 0 Å². The van der Waals surface area contributed by atoms with Crippen molar-refractivity contribution < 1.29 is 4.79 Å². The van der Waals surface area contributed by atoms with E-state index in [2.05, 4.69) is 29.4 Å². The molecule has 1 aromatic heterocycles. The van der Waals surface area contributed by atoms with E-state index < -0.39 is 0 Å². The van der Waals surface area contributed by atoms with Crippen molar-refractivity contribution in [1.29, 1.82) is 0 Å². The van der Waals surface area contributed by atoms with E-state index in [-0.39, 0.29) is 11.8 Å². The average Bonchev–Trinajstić information content (AvgIpc) is 3.03. The average molecular weight is 256 g/mol. The third-order valence-corrected chi connectivity index (χ3v) is 4.05. The fourth-order valence-corrected chi connectivity index (χ4v) is 3.01. The summed E-state index contributed by atoms with van der Waals surface area (Å²) < 4.78 is 0. The molecule has 1 N–H and O–H groups in total. The van der Waals surface area contributed by atoms with Crippen molar-refractivity contribution in [3.63, 3.8) is 0 Å². The maximum absolute atomic E-state index is 12.0. The molecule has 0 radical (unpaired) electrons. The molecule has 1 saturated heterocycles. The Labute approximate surface area is 113 Å². The number of fused-ring (bicyclic) bond motifs is 1. The van der Waals surface area contributed by atoms with Crippen LogP contribution in [0, 0.1) is 5.92 Å². The molecular formula is C16H20N2O. The second kappa shape index (κ2) is 4.72. The van der Waals surface area contributed by atoms with Crippen LogP contribution in [0.4, 0.5) is 0 Å². The SMILES string of the molecule is CC(C)C(=O)N1CCC(c2c[nH]c3ccccc23)C1. The largest absolute Gasteiger partial charge is 0.361 e. The predicted molar refractivity (Wildman–Crippen MR) is 77.1 cm³/mol. The Hall–Kier alpha value is -1.77. The quantitative estimate of drug-likeness (QED) is 0.880. The van der Waals surface area contributed by atoms with Crippen LogP contribution in [0.25, 0.3) is 10.9 Å². The zero-order valence-corrected chi connectivity index (χ0v) is 11.5. The van der Waals surface area contributed by atoms with Crippen molar-refractivity contribution in [3.8, 4) is 0 Å². The summed E-state index contributed by atoms with van der Waals surface area (Å²) in [5.41, 5.74) is 2.54. The van der Waals surface area contributed by atoms with Gasteiger partial charge >= 0.3 is 0 Å². The predicted octanol–water partition coefficient (Wildman–Crippen LogP) is 3.14. The maximum Gasteiger partial charge on any atom is 0.225 e. The van der Waals surface area contributed by atoms with Gasteiger partial charge in [0.1, 0.15) is 0 Å². The lowest BCUT2D eigenvalue weighted by molar-refractivity contribution is -0.133. The van der Waals surface area contributed by atoms with E-state index in [4.69, 9.17) is 0 Å². The summed E-state index contributed by atoms with van der Waals surface area (Å²) in [5.74, 6) is 0.850. The van der Waals surface area contributed by atoms with Crippen LogP contribution in [-0.2, 0) is 4.79 Å². The number of carbonyl (C=O) groups excluding carboxylic acids is 1. The fourth-order valence-electron chi connectivity index (χ4n) is 3.01. The van der Waals surface area contributed by atoms with Crippen molar-refractivity contribution in [2.75, 3.05) is 13.1 Å². The molecule has 2 aromatic rings. The molecule has 0 aliphatic carbocycles. The molecule has 0 spiro atoms. The molecule has 3 nitrogen and oxygen atoms in total. The van der Waals surface area contributed by atoms with E-state index in [1.807, 2.05) is 24.8 Å². The first-order chi connectivity index (χ1) is 9.16. The zero-order valence-electron chi connectivity index (χ0n) is 11.5. The van der Waals surface area contributed by atoms with Crippen LogP contribution in [0.5, 0.6) is 0 Å². The summed E-state index contributed by atoms with van der Waals surface area (Å²) in [7, 11) is 0. The van der Waals surface area contributed by atoms with Crippen molar-refractivity contribution >= 4 is 16.8 Å². The number of H-pyrrole nitrogens is 1. The molecule has 19 heavy (non-hydrogen) atoms. The zero-order chi connectivity index (χ0) is 13.4. The number of carbonyl (C=O) groups is 1. The molecule has 1 aromatic carbocycles. The van der Waals surface area contributed by atoms with Gasteiger partial charge in [0.25, 0.3) is 0 Å². The summed E-state index contributed by atoms with van der Waals surface area (Å²) in [5, 5.41) is 1.30. The topological polar surface area (TPSA) is 36.1 Å². The normalized spacial score (nSPS) is 19.5. The lowest BCUT2D eigenvalue weighted by atomic mass is 9.98. The molecule has 1 fully saturated rings. The minimum absolute atomic E-state index is 0.0988. The fraction of sp³-hybridized carbons (Fsp3) is 0.438. The van der Waals surface area contributed by atoms with Crippen molar-refractivity contribution in [2.45, 2.75) is 26.2 Å². The van der Waals surface area contributed by atoms with E-state index in [9.17, 15) is 4.79 Å². The van der Waals surface area contributed by atoms with Gasteiger partial charge in [0.05, 0.1) is 0 Å². The van der Waals surface area contributed by atoms with Crippen LogP contribution >= 0.6 is 0 Å². The van der Waals surface area contributed by atoms with Crippen molar-refractivity contribution in [1.82, 2.24) is 9.88 Å². The molecule has 1 unspecified atom stereocenters. The summed E-state index contributed by atoms with van der Waals surface area (Å²) >= 11 is 0. The second-order valence-electron chi connectivity index (χ2n) is 5.71. The molecule has 1 aliphatic rings. The molecule has 2 heterocycles. The Morgan fingerprint density at radius 1 is 1.37 bits per heavy atom. The Balaban J connectivity index is 1.83. The number of aromatic amines is 1. The van der Waals surface area contributed by atoms with Gasteiger partial charge < -0.3 is 9.88 Å². The summed E-state index contributed by atoms with van der Waals surface area (Å²) in [6, 6.07) is 8.39. The van der Waals surface area contributed by atoms with Crippen LogP contribution in [0.1, 0.15) is 31.7 Å². The van der Waals surface area contributed by atoms with Gasteiger partial charge in [-0.3, -0.25) is 4.79 Å². The molecular weight excluding hydrogens is 236 g/mol. The number of hydrogen-bond acceptors (Lipinski definition) is 1. The smallest absolute Gasteiger partial charge is 0.225 e. The van der Waals surface area contributed by atoms with Crippen LogP contribution in [0.2, 0.25) is 0 Å². The summed E-state index contributed by atoms with van der Waals surface area (Å²) in [6.07, 6.45) is 3.18. The van der Waals surface area contributed by atoms with E-state index in [1.54, 1.807) is 0 Å². The molecule has 0 saturated carbocycles. The lowest BCUT2D eigenvalue weighted by Crippen LogP contribution is -2.31. The Kier molecular flexibility index (Phi) is 3.05. The molecule has 3 rings (SSSR count). The second-order valence-corrected chi connectivity index (χ2v) is 5.71. The van der Waals surface area contributed by atoms with Gasteiger partial charge in [0.15, 0.2) is 0 Å². The number of rotatable bonds is 2. The minimum atomic E-state index is 0.0988. The number of hydrogen-bond donors (Lipinski definition) is 1. The highest BCUT2D eigenvalue weighted by molar-refractivity contribution is 5.84. The van der Waals surface area contributed by atoms with Gasteiger partial charge in [-0.05, 0) is 18.1 Å². The van der Waals surface area contributed by atoms with Gasteiger partial charge in [0.2, 0.25) is 5.91 Å².